The van der Waals surface area contributed by atoms with E-state index < -0.39 is 17.7 Å². The van der Waals surface area contributed by atoms with E-state index in [0.29, 0.717) is 74.7 Å². The smallest absolute Gasteiger partial charge is 0.272 e. The highest BCUT2D eigenvalue weighted by Crippen LogP contribution is 2.30. The Morgan fingerprint density at radius 1 is 0.689 bits per heavy atom. The summed E-state index contributed by atoms with van der Waals surface area (Å²) < 4.78 is 0.847. The Balaban J connectivity index is 0.00000704. The molecule has 6 aromatic rings. The molecular weight excluding hydrogens is 865 g/mol. The second-order valence-electron chi connectivity index (χ2n) is 13.7. The molecule has 0 aliphatic carbocycles. The summed E-state index contributed by atoms with van der Waals surface area (Å²) in [5.74, 6) is -1.16. The Morgan fingerprint density at radius 2 is 1.20 bits per heavy atom. The van der Waals surface area contributed by atoms with Crippen molar-refractivity contribution in [1.29, 1.82) is 5.41 Å². The third kappa shape index (κ3) is 10.7. The quantitative estimate of drug-likeness (QED) is 0.0249. The van der Waals surface area contributed by atoms with Crippen LogP contribution in [-0.2, 0) is 0 Å². The number of aromatic amines is 3. The maximum Gasteiger partial charge on any atom is 0.272 e. The first kappa shape index (κ1) is 45.8. The highest BCUT2D eigenvalue weighted by Gasteiger charge is 2.23. The molecule has 0 aliphatic heterocycles. The number of hydrogen-bond donors (Lipinski definition) is 10. The Morgan fingerprint density at radius 3 is 1.70 bits per heavy atom. The molecule has 0 spiro atoms. The minimum atomic E-state index is -0.490. The lowest BCUT2D eigenvalue weighted by atomic mass is 10.1. The number of rotatable bonds is 17. The number of nitrogens with one attached hydrogen (secondary N) is 9. The maximum atomic E-state index is 13.4. The molecule has 4 aromatic heterocycles. The fourth-order valence-corrected chi connectivity index (χ4v) is 7.72. The van der Waals surface area contributed by atoms with E-state index in [-0.39, 0.29) is 60.1 Å². The van der Waals surface area contributed by atoms with Gasteiger partial charge in [-0.1, -0.05) is 0 Å². The van der Waals surface area contributed by atoms with E-state index in [9.17, 15) is 24.0 Å². The van der Waals surface area contributed by atoms with Crippen LogP contribution < -0.4 is 37.2 Å². The van der Waals surface area contributed by atoms with Crippen molar-refractivity contribution in [2.24, 2.45) is 5.73 Å². The summed E-state index contributed by atoms with van der Waals surface area (Å²) >= 11 is 13.2. The van der Waals surface area contributed by atoms with Crippen molar-refractivity contribution in [3.8, 4) is 0 Å². The predicted octanol–water partition coefficient (Wildman–Crippen LogP) is 7.58. The molecule has 2 aromatic carbocycles. The maximum absolute atomic E-state index is 13.4. The highest BCUT2D eigenvalue weighted by atomic mass is 35.5. The summed E-state index contributed by atoms with van der Waals surface area (Å²) in [5.41, 5.74) is 10.7. The molecule has 320 valence electrons. The number of benzene rings is 2. The Kier molecular flexibility index (Phi) is 15.3. The van der Waals surface area contributed by atoms with Gasteiger partial charge in [-0.25, -0.2) is 0 Å². The van der Waals surface area contributed by atoms with Crippen molar-refractivity contribution >= 4 is 121 Å². The van der Waals surface area contributed by atoms with Gasteiger partial charge >= 0.3 is 0 Å². The SMILES string of the molecule is Cc1c(NC(=O)c2cc3cc(NC(=O)c4ccc(N(CCCl)CCCl)cc4)ccc3s2)c[nH]c1C(=O)Nc1c[nH]c(C(=O)Nc2c[nH]c(C(=O)NCCC(=N)N)c2C)c1C.Cl. The van der Waals surface area contributed by atoms with Crippen LogP contribution in [0.1, 0.15) is 74.6 Å². The molecule has 4 heterocycles. The zero-order chi connectivity index (χ0) is 43.1. The lowest BCUT2D eigenvalue weighted by molar-refractivity contribution is 0.0947. The standard InChI is InChI=1S/C41H43Cl2N11O5S.ClH/c1-21-29(19-47-34(21)39(57)46-13-10-33(44)45)52-41(59)36-23(3)30(20-49-36)53-40(58)35-22(2)28(18-48-35)51-38(56)32-17-25-16-26(6-9-31(25)60-32)50-37(55)24-4-7-27(8-5-24)54(14-11-42)15-12-43;/h4-9,16-20,47-49H,10-15H2,1-3H3,(H3,44,45)(H,46,57)(H,50,55)(H,51,56)(H,52,59)(H,53,58);1H. The van der Waals surface area contributed by atoms with Gasteiger partial charge in [0.1, 0.15) is 17.1 Å². The summed E-state index contributed by atoms with van der Waals surface area (Å²) in [6, 6.07) is 14.4. The van der Waals surface area contributed by atoms with Crippen molar-refractivity contribution in [2.45, 2.75) is 27.2 Å². The van der Waals surface area contributed by atoms with E-state index in [2.05, 4.69) is 46.4 Å². The number of amides is 5. The third-order valence-corrected chi connectivity index (χ3v) is 11.2. The Labute approximate surface area is 370 Å². The van der Waals surface area contributed by atoms with Crippen molar-refractivity contribution in [2.75, 3.05) is 57.6 Å². The molecule has 0 unspecified atom stereocenters. The van der Waals surface area contributed by atoms with Gasteiger partial charge in [-0.05, 0) is 74.7 Å². The fourth-order valence-electron chi connectivity index (χ4n) is 6.37. The monoisotopic (exact) mass is 907 g/mol. The van der Waals surface area contributed by atoms with Gasteiger partial charge in [-0.15, -0.1) is 46.9 Å². The fraction of sp³-hybridized carbons (Fsp3) is 0.220. The molecule has 20 heteroatoms. The molecule has 11 N–H and O–H groups in total. The second kappa shape index (κ2) is 20.3. The van der Waals surface area contributed by atoms with Gasteiger partial charge < -0.3 is 52.2 Å². The molecule has 0 saturated heterocycles. The number of halogens is 3. The number of aromatic nitrogens is 3. The van der Waals surface area contributed by atoms with Crippen LogP contribution in [0.15, 0.2) is 67.1 Å². The number of H-pyrrole nitrogens is 3. The van der Waals surface area contributed by atoms with Gasteiger partial charge in [-0.2, -0.15) is 0 Å². The minimum absolute atomic E-state index is 0. The first-order valence-corrected chi connectivity index (χ1v) is 20.6. The van der Waals surface area contributed by atoms with Crippen LogP contribution in [0.4, 0.5) is 28.4 Å². The van der Waals surface area contributed by atoms with E-state index in [1.807, 2.05) is 18.2 Å². The van der Waals surface area contributed by atoms with Crippen LogP contribution in [0.3, 0.4) is 0 Å². The largest absolute Gasteiger partial charge is 0.388 e. The molecular formula is C41H44Cl3N11O5S. The summed E-state index contributed by atoms with van der Waals surface area (Å²) in [6.45, 7) is 6.53. The summed E-state index contributed by atoms with van der Waals surface area (Å²) in [4.78, 5) is 76.8. The number of nitrogens with zero attached hydrogens (tertiary/aromatic N) is 1. The van der Waals surface area contributed by atoms with E-state index in [4.69, 9.17) is 34.3 Å². The van der Waals surface area contributed by atoms with E-state index >= 15 is 0 Å². The Hall–Kier alpha value is -6.27. The molecule has 5 amide bonds. The van der Waals surface area contributed by atoms with Crippen LogP contribution in [0.25, 0.3) is 10.1 Å². The van der Waals surface area contributed by atoms with Gasteiger partial charge in [0.25, 0.3) is 29.5 Å². The first-order valence-electron chi connectivity index (χ1n) is 18.7. The van der Waals surface area contributed by atoms with Gasteiger partial charge in [0, 0.05) is 94.7 Å². The van der Waals surface area contributed by atoms with Crippen molar-refractivity contribution in [3.05, 3.63) is 111 Å². The number of anilines is 5. The van der Waals surface area contributed by atoms with Crippen molar-refractivity contribution in [1.82, 2.24) is 20.3 Å². The van der Waals surface area contributed by atoms with Gasteiger partial charge in [0.05, 0.1) is 27.8 Å². The molecule has 0 saturated carbocycles. The molecule has 0 fully saturated rings. The molecule has 6 rings (SSSR count). The summed E-state index contributed by atoms with van der Waals surface area (Å²) in [5, 5.41) is 22.1. The average molecular weight is 909 g/mol. The number of amidine groups is 1. The normalized spacial score (nSPS) is 10.8. The summed E-state index contributed by atoms with van der Waals surface area (Å²) in [7, 11) is 0. The molecule has 0 atom stereocenters. The van der Waals surface area contributed by atoms with E-state index in [1.165, 1.54) is 29.9 Å². The van der Waals surface area contributed by atoms with Crippen molar-refractivity contribution in [3.63, 3.8) is 0 Å². The first-order chi connectivity index (χ1) is 28.8. The van der Waals surface area contributed by atoms with E-state index in [1.54, 1.807) is 51.1 Å². The summed E-state index contributed by atoms with van der Waals surface area (Å²) in [6.07, 6.45) is 4.75. The van der Waals surface area contributed by atoms with Crippen molar-refractivity contribution < 1.29 is 24.0 Å². The lowest BCUT2D eigenvalue weighted by Crippen LogP contribution is -2.28. The minimum Gasteiger partial charge on any atom is -0.388 e. The van der Waals surface area contributed by atoms with Crippen LogP contribution in [0.2, 0.25) is 0 Å². The number of carbonyl (C=O) groups is 5. The number of hydrogen-bond acceptors (Lipinski definition) is 8. The second-order valence-corrected chi connectivity index (χ2v) is 15.6. The van der Waals surface area contributed by atoms with Crippen LogP contribution in [-0.4, -0.2) is 81.7 Å². The van der Waals surface area contributed by atoms with Crippen LogP contribution in [0.5, 0.6) is 0 Å². The number of nitrogens with two attached hydrogens (primary N) is 1. The lowest BCUT2D eigenvalue weighted by Gasteiger charge is -2.22. The molecule has 16 nitrogen and oxygen atoms in total. The average Bonchev–Trinajstić information content (AvgIpc) is 4.00. The molecule has 0 radical (unpaired) electrons. The zero-order valence-electron chi connectivity index (χ0n) is 33.2. The molecule has 0 bridgehead atoms. The van der Waals surface area contributed by atoms with E-state index in [0.717, 1.165) is 15.8 Å². The topological polar surface area (TPSA) is 246 Å². The molecule has 61 heavy (non-hydrogen) atoms. The number of fused-ring (bicyclic) bond motifs is 1. The number of alkyl halides is 2. The Bertz CT molecular complexity index is 2590. The van der Waals surface area contributed by atoms with Gasteiger partial charge in [0.2, 0.25) is 0 Å². The van der Waals surface area contributed by atoms with Crippen LogP contribution >= 0.6 is 46.9 Å². The van der Waals surface area contributed by atoms with Gasteiger partial charge in [-0.3, -0.25) is 29.4 Å². The van der Waals surface area contributed by atoms with Gasteiger partial charge in [0.15, 0.2) is 0 Å². The predicted molar refractivity (Wildman–Crippen MR) is 246 cm³/mol. The number of carbonyl (C=O) groups excluding carboxylic acids is 5. The van der Waals surface area contributed by atoms with Crippen LogP contribution in [0, 0.1) is 26.2 Å². The third-order valence-electron chi connectivity index (χ3n) is 9.73. The zero-order valence-corrected chi connectivity index (χ0v) is 36.4. The highest BCUT2D eigenvalue weighted by molar-refractivity contribution is 7.20. The number of thiophene rings is 1. The molecule has 0 aliphatic rings.